The SMILES string of the molecule is CCOc1ccc(-c2nnc(-c3ccc(C(C)(C)C)cc3)n2-c2ccc(OC)cc2)cc1. The number of hydrogen-bond acceptors (Lipinski definition) is 4. The molecule has 0 unspecified atom stereocenters. The van der Waals surface area contributed by atoms with Crippen molar-refractivity contribution in [3.8, 4) is 40.0 Å². The average Bonchev–Trinajstić information content (AvgIpc) is 3.24. The molecule has 0 fully saturated rings. The Balaban J connectivity index is 1.83. The first-order valence-electron chi connectivity index (χ1n) is 10.8. The lowest BCUT2D eigenvalue weighted by atomic mass is 9.86. The topological polar surface area (TPSA) is 49.2 Å². The summed E-state index contributed by atoms with van der Waals surface area (Å²) in [7, 11) is 1.67. The maximum atomic E-state index is 5.59. The van der Waals surface area contributed by atoms with Gasteiger partial charge in [-0.1, -0.05) is 45.0 Å². The number of hydrogen-bond donors (Lipinski definition) is 0. The fourth-order valence-corrected chi connectivity index (χ4v) is 3.62. The van der Waals surface area contributed by atoms with Gasteiger partial charge in [-0.05, 0) is 66.4 Å². The summed E-state index contributed by atoms with van der Waals surface area (Å²) >= 11 is 0. The molecule has 1 aromatic heterocycles. The lowest BCUT2D eigenvalue weighted by Gasteiger charge is -2.19. The van der Waals surface area contributed by atoms with E-state index >= 15 is 0 Å². The zero-order valence-electron chi connectivity index (χ0n) is 19.3. The number of ether oxygens (including phenoxy) is 2. The second-order valence-corrected chi connectivity index (χ2v) is 8.67. The Hall–Kier alpha value is -3.60. The van der Waals surface area contributed by atoms with E-state index < -0.39 is 0 Å². The standard InChI is InChI=1S/C27H29N3O2/c1-6-32-24-15-9-20(10-16-24)26-29-28-25(19-7-11-21(12-8-19)27(2,3)4)30(26)22-13-17-23(31-5)18-14-22/h7-18H,6H2,1-5H3. The molecule has 0 amide bonds. The largest absolute Gasteiger partial charge is 0.497 e. The Morgan fingerprint density at radius 3 is 1.69 bits per heavy atom. The molecule has 5 nitrogen and oxygen atoms in total. The molecule has 164 valence electrons. The molecule has 3 aromatic carbocycles. The first-order chi connectivity index (χ1) is 15.4. The van der Waals surface area contributed by atoms with Gasteiger partial charge in [-0.15, -0.1) is 10.2 Å². The number of rotatable bonds is 6. The monoisotopic (exact) mass is 427 g/mol. The third kappa shape index (κ3) is 4.37. The van der Waals surface area contributed by atoms with Crippen LogP contribution in [0.25, 0.3) is 28.5 Å². The van der Waals surface area contributed by atoms with Gasteiger partial charge in [0.25, 0.3) is 0 Å². The van der Waals surface area contributed by atoms with Gasteiger partial charge in [0, 0.05) is 16.8 Å². The smallest absolute Gasteiger partial charge is 0.168 e. The molecule has 0 saturated carbocycles. The highest BCUT2D eigenvalue weighted by atomic mass is 16.5. The van der Waals surface area contributed by atoms with E-state index in [0.717, 1.165) is 40.0 Å². The van der Waals surface area contributed by atoms with Crippen LogP contribution < -0.4 is 9.47 Å². The van der Waals surface area contributed by atoms with E-state index in [1.807, 2.05) is 55.5 Å². The molecule has 0 atom stereocenters. The summed E-state index contributed by atoms with van der Waals surface area (Å²) in [4.78, 5) is 0. The van der Waals surface area contributed by atoms with Crippen molar-refractivity contribution in [3.63, 3.8) is 0 Å². The summed E-state index contributed by atoms with van der Waals surface area (Å²) in [6.45, 7) is 9.26. The van der Waals surface area contributed by atoms with Crippen LogP contribution in [0.15, 0.2) is 72.8 Å². The van der Waals surface area contributed by atoms with Crippen LogP contribution in [-0.2, 0) is 5.41 Å². The van der Waals surface area contributed by atoms with Crippen LogP contribution in [-0.4, -0.2) is 28.5 Å². The maximum Gasteiger partial charge on any atom is 0.168 e. The Bertz CT molecular complexity index is 1170. The van der Waals surface area contributed by atoms with E-state index in [1.54, 1.807) is 7.11 Å². The average molecular weight is 428 g/mol. The summed E-state index contributed by atoms with van der Waals surface area (Å²) in [5, 5.41) is 9.15. The molecular weight excluding hydrogens is 398 g/mol. The fraction of sp³-hybridized carbons (Fsp3) is 0.259. The summed E-state index contributed by atoms with van der Waals surface area (Å²) < 4.78 is 13.0. The Morgan fingerprint density at radius 2 is 1.22 bits per heavy atom. The van der Waals surface area contributed by atoms with Crippen molar-refractivity contribution in [2.24, 2.45) is 0 Å². The van der Waals surface area contributed by atoms with Gasteiger partial charge in [0.15, 0.2) is 11.6 Å². The summed E-state index contributed by atoms with van der Waals surface area (Å²) in [6.07, 6.45) is 0. The normalized spacial score (nSPS) is 11.4. The first-order valence-corrected chi connectivity index (χ1v) is 10.8. The highest BCUT2D eigenvalue weighted by molar-refractivity contribution is 5.67. The molecule has 4 rings (SSSR count). The predicted molar refractivity (Wildman–Crippen MR) is 129 cm³/mol. The molecule has 0 aliphatic carbocycles. The molecule has 0 bridgehead atoms. The molecule has 0 N–H and O–H groups in total. The van der Waals surface area contributed by atoms with Gasteiger partial charge >= 0.3 is 0 Å². The predicted octanol–water partition coefficient (Wildman–Crippen LogP) is 6.31. The first kappa shape index (κ1) is 21.6. The molecule has 0 radical (unpaired) electrons. The van der Waals surface area contributed by atoms with Crippen molar-refractivity contribution in [1.82, 2.24) is 14.8 Å². The van der Waals surface area contributed by atoms with Crippen molar-refractivity contribution < 1.29 is 9.47 Å². The minimum atomic E-state index is 0.0929. The minimum Gasteiger partial charge on any atom is -0.497 e. The zero-order chi connectivity index (χ0) is 22.7. The van der Waals surface area contributed by atoms with E-state index in [4.69, 9.17) is 9.47 Å². The van der Waals surface area contributed by atoms with Crippen molar-refractivity contribution in [1.29, 1.82) is 0 Å². The summed E-state index contributed by atoms with van der Waals surface area (Å²) in [6, 6.07) is 24.5. The van der Waals surface area contributed by atoms with Crippen LogP contribution in [0.5, 0.6) is 11.5 Å². The van der Waals surface area contributed by atoms with E-state index in [-0.39, 0.29) is 5.41 Å². The number of nitrogens with zero attached hydrogens (tertiary/aromatic N) is 3. The molecular formula is C27H29N3O2. The maximum absolute atomic E-state index is 5.59. The lowest BCUT2D eigenvalue weighted by molar-refractivity contribution is 0.340. The van der Waals surface area contributed by atoms with Crippen LogP contribution in [0.4, 0.5) is 0 Å². The number of benzene rings is 3. The molecule has 32 heavy (non-hydrogen) atoms. The van der Waals surface area contributed by atoms with Gasteiger partial charge in [0.1, 0.15) is 11.5 Å². The van der Waals surface area contributed by atoms with Gasteiger partial charge < -0.3 is 9.47 Å². The van der Waals surface area contributed by atoms with Crippen LogP contribution in [0, 0.1) is 0 Å². The second-order valence-electron chi connectivity index (χ2n) is 8.67. The Labute approximate surface area is 189 Å². The number of aromatic nitrogens is 3. The van der Waals surface area contributed by atoms with Gasteiger partial charge in [-0.2, -0.15) is 0 Å². The molecule has 0 aliphatic heterocycles. The second kappa shape index (κ2) is 8.87. The molecule has 0 spiro atoms. The Kier molecular flexibility index (Phi) is 5.99. The summed E-state index contributed by atoms with van der Waals surface area (Å²) in [5.41, 5.74) is 4.32. The quantitative estimate of drug-likeness (QED) is 0.362. The van der Waals surface area contributed by atoms with Crippen molar-refractivity contribution in [2.75, 3.05) is 13.7 Å². The van der Waals surface area contributed by atoms with Crippen molar-refractivity contribution >= 4 is 0 Å². The lowest BCUT2D eigenvalue weighted by Crippen LogP contribution is -2.10. The molecule has 1 heterocycles. The molecule has 5 heteroatoms. The van der Waals surface area contributed by atoms with Crippen LogP contribution in [0.1, 0.15) is 33.3 Å². The molecule has 0 aliphatic rings. The molecule has 0 saturated heterocycles. The van der Waals surface area contributed by atoms with Crippen LogP contribution >= 0.6 is 0 Å². The van der Waals surface area contributed by atoms with Gasteiger partial charge in [-0.3, -0.25) is 4.57 Å². The van der Waals surface area contributed by atoms with E-state index in [9.17, 15) is 0 Å². The van der Waals surface area contributed by atoms with Gasteiger partial charge in [0.2, 0.25) is 0 Å². The molecule has 4 aromatic rings. The van der Waals surface area contributed by atoms with Gasteiger partial charge in [0.05, 0.1) is 13.7 Å². The van der Waals surface area contributed by atoms with E-state index in [0.29, 0.717) is 6.61 Å². The minimum absolute atomic E-state index is 0.0929. The number of methoxy groups -OCH3 is 1. The van der Waals surface area contributed by atoms with Crippen LogP contribution in [0.2, 0.25) is 0 Å². The Morgan fingerprint density at radius 1 is 0.719 bits per heavy atom. The zero-order valence-corrected chi connectivity index (χ0v) is 19.3. The van der Waals surface area contributed by atoms with E-state index in [1.165, 1.54) is 5.56 Å². The van der Waals surface area contributed by atoms with Gasteiger partial charge in [-0.25, -0.2) is 0 Å². The highest BCUT2D eigenvalue weighted by Gasteiger charge is 2.19. The van der Waals surface area contributed by atoms with Crippen molar-refractivity contribution in [2.45, 2.75) is 33.1 Å². The third-order valence-corrected chi connectivity index (χ3v) is 5.43. The fourth-order valence-electron chi connectivity index (χ4n) is 3.62. The van der Waals surface area contributed by atoms with Crippen LogP contribution in [0.3, 0.4) is 0 Å². The van der Waals surface area contributed by atoms with Crippen molar-refractivity contribution in [3.05, 3.63) is 78.4 Å². The third-order valence-electron chi connectivity index (χ3n) is 5.43. The van der Waals surface area contributed by atoms with E-state index in [2.05, 4.69) is 59.8 Å². The highest BCUT2D eigenvalue weighted by Crippen LogP contribution is 2.31. The summed E-state index contributed by atoms with van der Waals surface area (Å²) in [5.74, 6) is 3.21.